The van der Waals surface area contributed by atoms with Crippen LogP contribution >= 0.6 is 0 Å². The largest absolute Gasteiger partial charge is 0.353 e. The number of anilines is 1. The van der Waals surface area contributed by atoms with Crippen LogP contribution in [0.1, 0.15) is 18.1 Å². The summed E-state index contributed by atoms with van der Waals surface area (Å²) in [6.45, 7) is 6.38. The van der Waals surface area contributed by atoms with Crippen LogP contribution in [-0.2, 0) is 11.3 Å². The lowest BCUT2D eigenvalue weighted by Gasteiger charge is -2.35. The Kier molecular flexibility index (Phi) is 5.55. The Morgan fingerprint density at radius 1 is 1.13 bits per heavy atom. The maximum atomic E-state index is 12.8. The molecule has 3 aromatic rings. The highest BCUT2D eigenvalue weighted by Crippen LogP contribution is 2.14. The Morgan fingerprint density at radius 2 is 1.93 bits per heavy atom. The molecule has 0 saturated carbocycles. The number of carbonyl (C=O) groups is 1. The van der Waals surface area contributed by atoms with Crippen molar-refractivity contribution in [3.8, 4) is 11.5 Å². The lowest BCUT2D eigenvalue weighted by atomic mass is 10.2. The van der Waals surface area contributed by atoms with Crippen molar-refractivity contribution in [2.75, 3.05) is 31.1 Å². The molecule has 1 saturated heterocycles. The molecule has 3 aromatic heterocycles. The van der Waals surface area contributed by atoms with Crippen LogP contribution in [0.15, 0.2) is 39.9 Å². The van der Waals surface area contributed by atoms with Gasteiger partial charge in [0, 0.05) is 51.5 Å². The molecule has 1 amide bonds. The summed E-state index contributed by atoms with van der Waals surface area (Å²) in [5.74, 6) is 2.05. The van der Waals surface area contributed by atoms with E-state index in [2.05, 4.69) is 25.0 Å². The zero-order valence-electron chi connectivity index (χ0n) is 17.0. The van der Waals surface area contributed by atoms with Crippen LogP contribution in [0, 0.1) is 13.8 Å². The van der Waals surface area contributed by atoms with E-state index in [4.69, 9.17) is 4.52 Å². The van der Waals surface area contributed by atoms with Crippen LogP contribution in [0.3, 0.4) is 0 Å². The molecule has 0 aromatic carbocycles. The number of aryl methyl sites for hydroxylation is 2. The molecule has 156 valence electrons. The van der Waals surface area contributed by atoms with Gasteiger partial charge in [-0.1, -0.05) is 11.2 Å². The second-order valence-corrected chi connectivity index (χ2v) is 7.13. The molecule has 0 aliphatic carbocycles. The fourth-order valence-electron chi connectivity index (χ4n) is 3.48. The first kappa shape index (κ1) is 19.7. The van der Waals surface area contributed by atoms with Gasteiger partial charge in [0.25, 0.3) is 11.4 Å². The van der Waals surface area contributed by atoms with Crippen molar-refractivity contribution in [1.82, 2.24) is 29.6 Å². The third-order valence-corrected chi connectivity index (χ3v) is 5.16. The first-order valence-corrected chi connectivity index (χ1v) is 9.84. The first-order valence-electron chi connectivity index (χ1n) is 9.84. The van der Waals surface area contributed by atoms with Crippen LogP contribution < -0.4 is 10.5 Å². The molecule has 0 atom stereocenters. The first-order chi connectivity index (χ1) is 14.5. The minimum atomic E-state index is -0.293. The lowest BCUT2D eigenvalue weighted by molar-refractivity contribution is -0.131. The van der Waals surface area contributed by atoms with Gasteiger partial charge in [0.05, 0.1) is 0 Å². The van der Waals surface area contributed by atoms with E-state index in [0.29, 0.717) is 24.7 Å². The van der Waals surface area contributed by atoms with Gasteiger partial charge in [0.15, 0.2) is 5.82 Å². The maximum Gasteiger partial charge on any atom is 0.266 e. The minimum Gasteiger partial charge on any atom is -0.353 e. The average Bonchev–Trinajstić information content (AvgIpc) is 3.20. The number of pyridine rings is 1. The van der Waals surface area contributed by atoms with Crippen molar-refractivity contribution in [2.45, 2.75) is 26.8 Å². The predicted molar refractivity (Wildman–Crippen MR) is 109 cm³/mol. The molecular formula is C20H23N7O3. The summed E-state index contributed by atoms with van der Waals surface area (Å²) in [6.07, 6.45) is 3.42. The van der Waals surface area contributed by atoms with Crippen LogP contribution in [0.25, 0.3) is 11.5 Å². The monoisotopic (exact) mass is 409 g/mol. The van der Waals surface area contributed by atoms with E-state index in [9.17, 15) is 9.59 Å². The average molecular weight is 409 g/mol. The van der Waals surface area contributed by atoms with E-state index in [0.717, 1.165) is 18.9 Å². The summed E-state index contributed by atoms with van der Waals surface area (Å²) < 4.78 is 6.58. The van der Waals surface area contributed by atoms with E-state index >= 15 is 0 Å². The van der Waals surface area contributed by atoms with Crippen LogP contribution in [0.4, 0.5) is 5.82 Å². The molecule has 1 aliphatic heterocycles. The number of carbonyl (C=O) groups excluding carboxylic acids is 1. The summed E-state index contributed by atoms with van der Waals surface area (Å²) in [5.41, 5.74) is -0.0588. The van der Waals surface area contributed by atoms with Gasteiger partial charge in [-0.05, 0) is 26.0 Å². The van der Waals surface area contributed by atoms with Gasteiger partial charge in [-0.25, -0.2) is 9.97 Å². The minimum absolute atomic E-state index is 0.0148. The number of piperazine rings is 1. The molecule has 4 rings (SSSR count). The van der Waals surface area contributed by atoms with Crippen molar-refractivity contribution in [2.24, 2.45) is 0 Å². The van der Waals surface area contributed by atoms with Crippen molar-refractivity contribution in [1.29, 1.82) is 0 Å². The van der Waals surface area contributed by atoms with E-state index < -0.39 is 0 Å². The molecule has 10 heteroatoms. The van der Waals surface area contributed by atoms with Crippen molar-refractivity contribution < 1.29 is 9.32 Å². The fourth-order valence-corrected chi connectivity index (χ4v) is 3.48. The highest BCUT2D eigenvalue weighted by Gasteiger charge is 2.22. The van der Waals surface area contributed by atoms with Gasteiger partial charge in [-0.15, -0.1) is 0 Å². The number of amides is 1. The normalized spacial score (nSPS) is 14.2. The number of rotatable bonds is 5. The van der Waals surface area contributed by atoms with Gasteiger partial charge in [-0.3, -0.25) is 14.2 Å². The summed E-state index contributed by atoms with van der Waals surface area (Å²) in [4.78, 5) is 42.3. The molecular weight excluding hydrogens is 386 g/mol. The highest BCUT2D eigenvalue weighted by atomic mass is 16.5. The predicted octanol–water partition coefficient (Wildman–Crippen LogP) is 1.04. The summed E-state index contributed by atoms with van der Waals surface area (Å²) in [7, 11) is 0. The Morgan fingerprint density at radius 3 is 2.60 bits per heavy atom. The third kappa shape index (κ3) is 4.07. The zero-order chi connectivity index (χ0) is 21.1. The molecule has 10 nitrogen and oxygen atoms in total. The van der Waals surface area contributed by atoms with Gasteiger partial charge in [0.2, 0.25) is 5.91 Å². The van der Waals surface area contributed by atoms with Crippen molar-refractivity contribution >= 4 is 11.7 Å². The summed E-state index contributed by atoms with van der Waals surface area (Å²) >= 11 is 0. The Hall–Kier alpha value is -3.56. The SMILES string of the molecule is Cc1noc(-c2cnc(C)n(CCC(=O)N3CCN(c4ccccn4)CC3)c2=O)n1. The Bertz CT molecular complexity index is 1090. The van der Waals surface area contributed by atoms with Crippen LogP contribution in [-0.4, -0.2) is 61.7 Å². The van der Waals surface area contributed by atoms with Gasteiger partial charge < -0.3 is 14.3 Å². The van der Waals surface area contributed by atoms with Crippen molar-refractivity contribution in [3.05, 3.63) is 52.6 Å². The molecule has 0 N–H and O–H groups in total. The Balaban J connectivity index is 1.39. The molecule has 0 unspecified atom stereocenters. The molecule has 0 bridgehead atoms. The van der Waals surface area contributed by atoms with E-state index in [1.165, 1.54) is 10.8 Å². The van der Waals surface area contributed by atoms with E-state index in [1.54, 1.807) is 20.0 Å². The smallest absolute Gasteiger partial charge is 0.266 e. The second-order valence-electron chi connectivity index (χ2n) is 7.13. The quantitative estimate of drug-likeness (QED) is 0.615. The molecule has 1 aliphatic rings. The molecule has 0 spiro atoms. The lowest BCUT2D eigenvalue weighted by Crippen LogP contribution is -2.49. The summed E-state index contributed by atoms with van der Waals surface area (Å²) in [5, 5.41) is 3.72. The molecule has 30 heavy (non-hydrogen) atoms. The fraction of sp³-hybridized carbons (Fsp3) is 0.400. The highest BCUT2D eigenvalue weighted by molar-refractivity contribution is 5.76. The van der Waals surface area contributed by atoms with Crippen LogP contribution in [0.5, 0.6) is 0 Å². The van der Waals surface area contributed by atoms with E-state index in [-0.39, 0.29) is 35.9 Å². The standard InChI is InChI=1S/C20H23N7O3/c1-14-23-19(30-24-14)16-13-22-15(2)27(20(16)29)8-6-18(28)26-11-9-25(10-12-26)17-5-3-4-7-21-17/h3-5,7,13H,6,8-12H2,1-2H3. The molecule has 0 radical (unpaired) electrons. The number of aromatic nitrogens is 5. The number of nitrogens with zero attached hydrogens (tertiary/aromatic N) is 7. The Labute approximate surface area is 173 Å². The molecule has 1 fully saturated rings. The maximum absolute atomic E-state index is 12.8. The summed E-state index contributed by atoms with van der Waals surface area (Å²) in [6, 6.07) is 5.81. The van der Waals surface area contributed by atoms with Crippen LogP contribution in [0.2, 0.25) is 0 Å². The number of hydrogen-bond donors (Lipinski definition) is 0. The molecule has 4 heterocycles. The third-order valence-electron chi connectivity index (χ3n) is 5.16. The topological polar surface area (TPSA) is 110 Å². The van der Waals surface area contributed by atoms with E-state index in [1.807, 2.05) is 23.1 Å². The van der Waals surface area contributed by atoms with Gasteiger partial charge in [-0.2, -0.15) is 4.98 Å². The van der Waals surface area contributed by atoms with Crippen molar-refractivity contribution in [3.63, 3.8) is 0 Å². The number of hydrogen-bond acceptors (Lipinski definition) is 8. The second kappa shape index (κ2) is 8.44. The van der Waals surface area contributed by atoms with Gasteiger partial charge in [0.1, 0.15) is 17.2 Å². The van der Waals surface area contributed by atoms with Gasteiger partial charge >= 0.3 is 0 Å². The zero-order valence-corrected chi connectivity index (χ0v) is 17.0.